The van der Waals surface area contributed by atoms with Gasteiger partial charge >= 0.3 is 0 Å². The molecule has 0 spiro atoms. The molecule has 1 aliphatic heterocycles. The van der Waals surface area contributed by atoms with E-state index in [1.165, 1.54) is 27.4 Å². The van der Waals surface area contributed by atoms with E-state index in [0.29, 0.717) is 18.8 Å². The number of nitrogens with zero attached hydrogens (tertiary/aromatic N) is 4. The zero-order valence-corrected chi connectivity index (χ0v) is 18.1. The number of carbonyl (C=O) groups excluding carboxylic acids is 1. The number of rotatable bonds is 5. The Morgan fingerprint density at radius 3 is 2.35 bits per heavy atom. The molecule has 0 N–H and O–H groups in total. The molecule has 1 saturated heterocycles. The van der Waals surface area contributed by atoms with Crippen LogP contribution < -0.4 is 5.56 Å². The van der Waals surface area contributed by atoms with Crippen LogP contribution >= 0.6 is 0 Å². The average molecular weight is 417 g/mol. The van der Waals surface area contributed by atoms with Gasteiger partial charge in [0.15, 0.2) is 0 Å². The third kappa shape index (κ3) is 5.09. The van der Waals surface area contributed by atoms with E-state index in [0.717, 1.165) is 25.2 Å². The molecule has 1 fully saturated rings. The summed E-state index contributed by atoms with van der Waals surface area (Å²) >= 11 is 0. The smallest absolute Gasteiger partial charge is 0.267 e. The predicted octanol–water partition coefficient (Wildman–Crippen LogP) is 2.87. The van der Waals surface area contributed by atoms with Gasteiger partial charge in [-0.1, -0.05) is 42.5 Å². The van der Waals surface area contributed by atoms with Gasteiger partial charge in [-0.25, -0.2) is 4.68 Å². The van der Waals surface area contributed by atoms with Crippen LogP contribution in [-0.4, -0.2) is 51.7 Å². The number of amides is 1. The SMILES string of the molecule is Cc1ccc(-c2ccc(=O)n(CC(=O)N3CCN(Cc4ccccc4)CC3)n2)cc1C. The van der Waals surface area contributed by atoms with E-state index in [9.17, 15) is 9.59 Å². The van der Waals surface area contributed by atoms with Crippen LogP contribution in [0.15, 0.2) is 65.5 Å². The maximum absolute atomic E-state index is 12.8. The Morgan fingerprint density at radius 1 is 0.903 bits per heavy atom. The number of benzene rings is 2. The highest BCUT2D eigenvalue weighted by Crippen LogP contribution is 2.19. The van der Waals surface area contributed by atoms with Crippen molar-refractivity contribution in [2.45, 2.75) is 26.9 Å². The van der Waals surface area contributed by atoms with E-state index in [1.54, 1.807) is 6.07 Å². The van der Waals surface area contributed by atoms with Crippen molar-refractivity contribution in [1.29, 1.82) is 0 Å². The van der Waals surface area contributed by atoms with Crippen molar-refractivity contribution < 1.29 is 4.79 Å². The Balaban J connectivity index is 1.39. The maximum atomic E-state index is 12.8. The van der Waals surface area contributed by atoms with Crippen molar-refractivity contribution in [3.63, 3.8) is 0 Å². The third-order valence-electron chi connectivity index (χ3n) is 5.93. The first-order chi connectivity index (χ1) is 15.0. The summed E-state index contributed by atoms with van der Waals surface area (Å²) in [6, 6.07) is 19.7. The summed E-state index contributed by atoms with van der Waals surface area (Å²) in [7, 11) is 0. The minimum Gasteiger partial charge on any atom is -0.339 e. The molecular formula is C25H28N4O2. The molecule has 160 valence electrons. The zero-order chi connectivity index (χ0) is 21.8. The summed E-state index contributed by atoms with van der Waals surface area (Å²) in [6.45, 7) is 7.95. The molecule has 4 rings (SSSR count). The number of piperazine rings is 1. The molecule has 2 heterocycles. The molecule has 1 aromatic heterocycles. The first-order valence-electron chi connectivity index (χ1n) is 10.7. The largest absolute Gasteiger partial charge is 0.339 e. The number of carbonyl (C=O) groups is 1. The molecule has 0 unspecified atom stereocenters. The molecule has 0 saturated carbocycles. The lowest BCUT2D eigenvalue weighted by molar-refractivity contribution is -0.133. The van der Waals surface area contributed by atoms with Crippen molar-refractivity contribution in [1.82, 2.24) is 19.6 Å². The van der Waals surface area contributed by atoms with Crippen LogP contribution in [0.4, 0.5) is 0 Å². The van der Waals surface area contributed by atoms with Crippen molar-refractivity contribution in [2.24, 2.45) is 0 Å². The van der Waals surface area contributed by atoms with E-state index in [4.69, 9.17) is 0 Å². The molecule has 0 bridgehead atoms. The van der Waals surface area contributed by atoms with Crippen molar-refractivity contribution in [3.8, 4) is 11.3 Å². The highest BCUT2D eigenvalue weighted by atomic mass is 16.2. The van der Waals surface area contributed by atoms with E-state index in [-0.39, 0.29) is 18.0 Å². The fourth-order valence-electron chi connectivity index (χ4n) is 3.84. The van der Waals surface area contributed by atoms with E-state index >= 15 is 0 Å². The monoisotopic (exact) mass is 416 g/mol. The fourth-order valence-corrected chi connectivity index (χ4v) is 3.84. The second-order valence-electron chi connectivity index (χ2n) is 8.16. The summed E-state index contributed by atoms with van der Waals surface area (Å²) in [5.41, 5.74) is 5.03. The molecule has 1 amide bonds. The minimum atomic E-state index is -0.261. The van der Waals surface area contributed by atoms with Gasteiger partial charge < -0.3 is 4.90 Å². The van der Waals surface area contributed by atoms with Crippen LogP contribution in [0, 0.1) is 13.8 Å². The molecule has 3 aromatic rings. The van der Waals surface area contributed by atoms with Gasteiger partial charge in [0.1, 0.15) is 6.54 Å². The van der Waals surface area contributed by atoms with Crippen molar-refractivity contribution in [2.75, 3.05) is 26.2 Å². The Labute approximate surface area is 182 Å². The number of aryl methyl sites for hydroxylation is 2. The quantitative estimate of drug-likeness (QED) is 0.642. The molecule has 0 atom stereocenters. The molecule has 31 heavy (non-hydrogen) atoms. The van der Waals surface area contributed by atoms with Gasteiger partial charge in [-0.3, -0.25) is 14.5 Å². The highest BCUT2D eigenvalue weighted by Gasteiger charge is 2.22. The van der Waals surface area contributed by atoms with E-state index < -0.39 is 0 Å². The minimum absolute atomic E-state index is 0.0315. The Bertz CT molecular complexity index is 1120. The van der Waals surface area contributed by atoms with Gasteiger partial charge in [-0.05, 0) is 42.7 Å². The summed E-state index contributed by atoms with van der Waals surface area (Å²) in [4.78, 5) is 29.3. The van der Waals surface area contributed by atoms with Crippen LogP contribution in [-0.2, 0) is 17.9 Å². The predicted molar refractivity (Wildman–Crippen MR) is 122 cm³/mol. The van der Waals surface area contributed by atoms with Crippen LogP contribution in [0.5, 0.6) is 0 Å². The Kier molecular flexibility index (Phi) is 6.28. The Hall–Kier alpha value is -3.25. The lowest BCUT2D eigenvalue weighted by Crippen LogP contribution is -2.49. The standard InChI is InChI=1S/C25H28N4O2/c1-19-8-9-22(16-20(19)2)23-10-11-24(30)29(26-23)18-25(31)28-14-12-27(13-15-28)17-21-6-4-3-5-7-21/h3-11,16H,12-15,17-18H2,1-2H3. The summed E-state index contributed by atoms with van der Waals surface area (Å²) in [6.07, 6.45) is 0. The summed E-state index contributed by atoms with van der Waals surface area (Å²) in [5.74, 6) is -0.0637. The van der Waals surface area contributed by atoms with Gasteiger partial charge in [0.25, 0.3) is 5.56 Å². The second kappa shape index (κ2) is 9.27. The highest BCUT2D eigenvalue weighted by molar-refractivity contribution is 5.76. The van der Waals surface area contributed by atoms with Crippen LogP contribution in [0.2, 0.25) is 0 Å². The molecule has 6 heteroatoms. The molecule has 6 nitrogen and oxygen atoms in total. The van der Waals surface area contributed by atoms with E-state index in [1.807, 2.05) is 35.2 Å². The average Bonchev–Trinajstić information content (AvgIpc) is 2.78. The van der Waals surface area contributed by atoms with E-state index in [2.05, 4.69) is 42.0 Å². The first-order valence-corrected chi connectivity index (χ1v) is 10.7. The molecule has 2 aromatic carbocycles. The Morgan fingerprint density at radius 2 is 1.65 bits per heavy atom. The number of hydrogen-bond donors (Lipinski definition) is 0. The van der Waals surface area contributed by atoms with Crippen molar-refractivity contribution in [3.05, 3.63) is 87.7 Å². The number of hydrogen-bond acceptors (Lipinski definition) is 4. The normalized spacial score (nSPS) is 14.6. The van der Waals surface area contributed by atoms with Gasteiger partial charge in [0.05, 0.1) is 5.69 Å². The zero-order valence-electron chi connectivity index (χ0n) is 18.1. The molecule has 0 radical (unpaired) electrons. The summed E-state index contributed by atoms with van der Waals surface area (Å²) < 4.78 is 1.28. The van der Waals surface area contributed by atoms with Gasteiger partial charge in [-0.15, -0.1) is 0 Å². The lowest BCUT2D eigenvalue weighted by atomic mass is 10.0. The van der Waals surface area contributed by atoms with Crippen molar-refractivity contribution >= 4 is 5.91 Å². The van der Waals surface area contributed by atoms with Gasteiger partial charge in [0, 0.05) is 44.4 Å². The number of aromatic nitrogens is 2. The topological polar surface area (TPSA) is 58.4 Å². The third-order valence-corrected chi connectivity index (χ3v) is 5.93. The van der Waals surface area contributed by atoms with Crippen LogP contribution in [0.1, 0.15) is 16.7 Å². The maximum Gasteiger partial charge on any atom is 0.267 e. The van der Waals surface area contributed by atoms with Gasteiger partial charge in [0.2, 0.25) is 5.91 Å². The molecule has 0 aliphatic carbocycles. The fraction of sp³-hybridized carbons (Fsp3) is 0.320. The first kappa shape index (κ1) is 21.0. The van der Waals surface area contributed by atoms with Gasteiger partial charge in [-0.2, -0.15) is 5.10 Å². The van der Waals surface area contributed by atoms with Crippen LogP contribution in [0.25, 0.3) is 11.3 Å². The lowest BCUT2D eigenvalue weighted by Gasteiger charge is -2.34. The summed E-state index contributed by atoms with van der Waals surface area (Å²) in [5, 5.41) is 4.47. The molecular weight excluding hydrogens is 388 g/mol. The van der Waals surface area contributed by atoms with Crippen LogP contribution in [0.3, 0.4) is 0 Å². The second-order valence-corrected chi connectivity index (χ2v) is 8.16. The molecule has 1 aliphatic rings.